The number of aromatic nitrogens is 1. The second-order valence-electron chi connectivity index (χ2n) is 3.34. The largest absolute Gasteiger partial charge is 0.355 e. The first kappa shape index (κ1) is 9.67. The van der Waals surface area contributed by atoms with Crippen molar-refractivity contribution in [3.05, 3.63) is 40.1 Å². The third-order valence-corrected chi connectivity index (χ3v) is 2.30. The first-order valence-corrected chi connectivity index (χ1v) is 4.61. The predicted molar refractivity (Wildman–Crippen MR) is 57.7 cm³/mol. The highest BCUT2D eigenvalue weighted by Crippen LogP contribution is 2.25. The van der Waals surface area contributed by atoms with Crippen molar-refractivity contribution in [2.24, 2.45) is 0 Å². The minimum absolute atomic E-state index is 0.126. The standard InChI is InChI=1S/C10H11N3O2/c1-11-5-7-2-3-8-9(4-7)12-6-10(8)13(14)15/h2-4,6,11-12H,5H2,1H3. The molecule has 2 rings (SSSR count). The van der Waals surface area contributed by atoms with Crippen molar-refractivity contribution in [3.63, 3.8) is 0 Å². The van der Waals surface area contributed by atoms with Crippen LogP contribution in [0.4, 0.5) is 5.69 Å². The minimum atomic E-state index is -0.378. The van der Waals surface area contributed by atoms with Gasteiger partial charge in [-0.05, 0) is 24.7 Å². The Kier molecular flexibility index (Phi) is 2.39. The first-order chi connectivity index (χ1) is 7.22. The van der Waals surface area contributed by atoms with E-state index in [1.165, 1.54) is 6.20 Å². The van der Waals surface area contributed by atoms with Crippen LogP contribution >= 0.6 is 0 Å². The number of rotatable bonds is 3. The average molecular weight is 205 g/mol. The van der Waals surface area contributed by atoms with E-state index in [1.807, 2.05) is 19.2 Å². The Morgan fingerprint density at radius 2 is 2.33 bits per heavy atom. The number of nitrogens with one attached hydrogen (secondary N) is 2. The van der Waals surface area contributed by atoms with E-state index >= 15 is 0 Å². The van der Waals surface area contributed by atoms with Gasteiger partial charge in [-0.3, -0.25) is 10.1 Å². The van der Waals surface area contributed by atoms with E-state index in [4.69, 9.17) is 0 Å². The van der Waals surface area contributed by atoms with Crippen LogP contribution in [0.3, 0.4) is 0 Å². The third-order valence-electron chi connectivity index (χ3n) is 2.30. The third kappa shape index (κ3) is 1.69. The molecule has 0 aliphatic carbocycles. The summed E-state index contributed by atoms with van der Waals surface area (Å²) in [6.45, 7) is 0.753. The molecule has 0 radical (unpaired) electrons. The quantitative estimate of drug-likeness (QED) is 0.592. The van der Waals surface area contributed by atoms with Gasteiger partial charge in [0.25, 0.3) is 5.69 Å². The van der Waals surface area contributed by atoms with Gasteiger partial charge >= 0.3 is 0 Å². The monoisotopic (exact) mass is 205 g/mol. The lowest BCUT2D eigenvalue weighted by Crippen LogP contribution is -2.04. The second-order valence-corrected chi connectivity index (χ2v) is 3.34. The van der Waals surface area contributed by atoms with Gasteiger partial charge in [0.2, 0.25) is 0 Å². The summed E-state index contributed by atoms with van der Waals surface area (Å²) in [6, 6.07) is 5.58. The van der Waals surface area contributed by atoms with Gasteiger partial charge in [0.1, 0.15) is 0 Å². The molecule has 15 heavy (non-hydrogen) atoms. The van der Waals surface area contributed by atoms with Crippen LogP contribution in [0, 0.1) is 10.1 Å². The van der Waals surface area contributed by atoms with E-state index in [1.54, 1.807) is 6.07 Å². The van der Waals surface area contributed by atoms with E-state index in [0.717, 1.165) is 17.6 Å². The maximum absolute atomic E-state index is 10.7. The Morgan fingerprint density at radius 1 is 1.53 bits per heavy atom. The van der Waals surface area contributed by atoms with E-state index in [2.05, 4.69) is 10.3 Å². The lowest BCUT2D eigenvalue weighted by atomic mass is 10.1. The van der Waals surface area contributed by atoms with Crippen LogP contribution in [0.5, 0.6) is 0 Å². The Morgan fingerprint density at radius 3 is 3.00 bits per heavy atom. The van der Waals surface area contributed by atoms with Gasteiger partial charge in [0.15, 0.2) is 0 Å². The van der Waals surface area contributed by atoms with E-state index in [9.17, 15) is 10.1 Å². The lowest BCUT2D eigenvalue weighted by Gasteiger charge is -1.99. The van der Waals surface area contributed by atoms with E-state index in [0.29, 0.717) is 5.39 Å². The molecule has 0 saturated carbocycles. The molecule has 0 aliphatic rings. The van der Waals surface area contributed by atoms with Crippen molar-refractivity contribution in [3.8, 4) is 0 Å². The number of fused-ring (bicyclic) bond motifs is 1. The number of hydrogen-bond donors (Lipinski definition) is 2. The summed E-state index contributed by atoms with van der Waals surface area (Å²) in [5.41, 5.74) is 2.03. The Hall–Kier alpha value is -1.88. The fourth-order valence-corrected chi connectivity index (χ4v) is 1.62. The first-order valence-electron chi connectivity index (χ1n) is 4.61. The summed E-state index contributed by atoms with van der Waals surface area (Å²) < 4.78 is 0. The zero-order valence-corrected chi connectivity index (χ0v) is 8.28. The molecule has 78 valence electrons. The molecule has 0 bridgehead atoms. The van der Waals surface area contributed by atoms with Crippen LogP contribution < -0.4 is 5.32 Å². The maximum atomic E-state index is 10.7. The topological polar surface area (TPSA) is 71.0 Å². The number of aromatic amines is 1. The average Bonchev–Trinajstić information content (AvgIpc) is 2.61. The lowest BCUT2D eigenvalue weighted by molar-refractivity contribution is -0.383. The summed E-state index contributed by atoms with van der Waals surface area (Å²) in [6.07, 6.45) is 1.42. The molecule has 5 nitrogen and oxygen atoms in total. The summed E-state index contributed by atoms with van der Waals surface area (Å²) >= 11 is 0. The molecule has 0 amide bonds. The van der Waals surface area contributed by atoms with Crippen molar-refractivity contribution < 1.29 is 4.92 Å². The number of nitrogens with zero attached hydrogens (tertiary/aromatic N) is 1. The highest BCUT2D eigenvalue weighted by atomic mass is 16.6. The molecule has 1 aromatic heterocycles. The SMILES string of the molecule is CNCc1ccc2c([N+](=O)[O-])c[nH]c2c1. The van der Waals surface area contributed by atoms with Gasteiger partial charge in [-0.1, -0.05) is 6.07 Å². The second kappa shape index (κ2) is 3.70. The van der Waals surface area contributed by atoms with Crippen molar-refractivity contribution in [1.29, 1.82) is 0 Å². The molecule has 0 aliphatic heterocycles. The zero-order valence-electron chi connectivity index (χ0n) is 8.28. The van der Waals surface area contributed by atoms with Crippen LogP contribution in [-0.2, 0) is 6.54 Å². The molecule has 1 heterocycles. The van der Waals surface area contributed by atoms with Crippen molar-refractivity contribution in [2.75, 3.05) is 7.05 Å². The maximum Gasteiger partial charge on any atom is 0.294 e. The highest BCUT2D eigenvalue weighted by molar-refractivity contribution is 5.89. The molecular weight excluding hydrogens is 194 g/mol. The molecule has 0 unspecified atom stereocenters. The zero-order chi connectivity index (χ0) is 10.8. The Balaban J connectivity index is 2.51. The van der Waals surface area contributed by atoms with Crippen LogP contribution in [0.1, 0.15) is 5.56 Å². The van der Waals surface area contributed by atoms with Crippen molar-refractivity contribution in [1.82, 2.24) is 10.3 Å². The highest BCUT2D eigenvalue weighted by Gasteiger charge is 2.13. The molecule has 2 aromatic rings. The number of H-pyrrole nitrogens is 1. The van der Waals surface area contributed by atoms with E-state index < -0.39 is 0 Å². The minimum Gasteiger partial charge on any atom is -0.355 e. The van der Waals surface area contributed by atoms with E-state index in [-0.39, 0.29) is 10.6 Å². The van der Waals surface area contributed by atoms with Gasteiger partial charge in [0, 0.05) is 6.54 Å². The fourth-order valence-electron chi connectivity index (χ4n) is 1.62. The van der Waals surface area contributed by atoms with Crippen LogP contribution in [0.15, 0.2) is 24.4 Å². The van der Waals surface area contributed by atoms with Gasteiger partial charge in [-0.15, -0.1) is 0 Å². The summed E-state index contributed by atoms with van der Waals surface area (Å²) in [5.74, 6) is 0. The summed E-state index contributed by atoms with van der Waals surface area (Å²) in [4.78, 5) is 13.2. The molecule has 0 saturated heterocycles. The Bertz CT molecular complexity index is 504. The molecular formula is C10H11N3O2. The van der Waals surface area contributed by atoms with Gasteiger partial charge < -0.3 is 10.3 Å². The molecule has 2 N–H and O–H groups in total. The predicted octanol–water partition coefficient (Wildman–Crippen LogP) is 1.80. The number of nitro groups is 1. The smallest absolute Gasteiger partial charge is 0.294 e. The number of benzene rings is 1. The van der Waals surface area contributed by atoms with Gasteiger partial charge in [-0.25, -0.2) is 0 Å². The summed E-state index contributed by atoms with van der Waals surface area (Å²) in [7, 11) is 1.86. The van der Waals surface area contributed by atoms with Gasteiger partial charge in [0.05, 0.1) is 22.0 Å². The normalized spacial score (nSPS) is 10.7. The molecule has 0 spiro atoms. The van der Waals surface area contributed by atoms with Gasteiger partial charge in [-0.2, -0.15) is 0 Å². The molecule has 5 heteroatoms. The van der Waals surface area contributed by atoms with Crippen molar-refractivity contribution >= 4 is 16.6 Å². The number of hydrogen-bond acceptors (Lipinski definition) is 3. The molecule has 0 atom stereocenters. The van der Waals surface area contributed by atoms with Crippen molar-refractivity contribution in [2.45, 2.75) is 6.54 Å². The van der Waals surface area contributed by atoms with Crippen LogP contribution in [0.2, 0.25) is 0 Å². The fraction of sp³-hybridized carbons (Fsp3) is 0.200. The molecule has 0 fully saturated rings. The Labute approximate surface area is 86.3 Å². The van der Waals surface area contributed by atoms with Crippen LogP contribution in [-0.4, -0.2) is 17.0 Å². The summed E-state index contributed by atoms with van der Waals surface area (Å²) in [5, 5.41) is 14.3. The van der Waals surface area contributed by atoms with Crippen LogP contribution in [0.25, 0.3) is 10.9 Å². The molecule has 1 aromatic carbocycles.